The molecule has 100 valence electrons. The van der Waals surface area contributed by atoms with Crippen LogP contribution in [0.1, 0.15) is 20.1 Å². The smallest absolute Gasteiger partial charge is 0.261 e. The lowest BCUT2D eigenvalue weighted by Gasteiger charge is -2.12. The molecule has 1 aromatic carbocycles. The third kappa shape index (κ3) is 3.58. The van der Waals surface area contributed by atoms with Gasteiger partial charge in [0.1, 0.15) is 0 Å². The Kier molecular flexibility index (Phi) is 4.22. The molecule has 0 radical (unpaired) electrons. The van der Waals surface area contributed by atoms with Gasteiger partial charge in [-0.2, -0.15) is 0 Å². The summed E-state index contributed by atoms with van der Waals surface area (Å²) >= 11 is 1.52. The molecule has 0 unspecified atom stereocenters. The van der Waals surface area contributed by atoms with Crippen LogP contribution in [0.4, 0.5) is 5.69 Å². The number of amides is 1. The van der Waals surface area contributed by atoms with E-state index in [0.29, 0.717) is 6.54 Å². The Labute approximate surface area is 117 Å². The number of aryl methyl sites for hydroxylation is 1. The number of hydrogen-bond acceptors (Lipinski definition) is 3. The van der Waals surface area contributed by atoms with Gasteiger partial charge in [0, 0.05) is 31.2 Å². The highest BCUT2D eigenvalue weighted by Crippen LogP contribution is 2.15. The summed E-state index contributed by atoms with van der Waals surface area (Å²) in [7, 11) is 4.02. The van der Waals surface area contributed by atoms with Crippen LogP contribution >= 0.6 is 11.3 Å². The zero-order valence-electron chi connectivity index (χ0n) is 11.4. The van der Waals surface area contributed by atoms with Crippen LogP contribution in [0.25, 0.3) is 0 Å². The first kappa shape index (κ1) is 13.6. The van der Waals surface area contributed by atoms with E-state index in [1.807, 2.05) is 45.3 Å². The molecule has 0 spiro atoms. The Morgan fingerprint density at radius 2 is 1.84 bits per heavy atom. The van der Waals surface area contributed by atoms with E-state index in [4.69, 9.17) is 0 Å². The highest BCUT2D eigenvalue weighted by atomic mass is 32.1. The molecule has 0 aliphatic carbocycles. The van der Waals surface area contributed by atoms with E-state index in [-0.39, 0.29) is 5.91 Å². The summed E-state index contributed by atoms with van der Waals surface area (Å²) in [5, 5.41) is 2.94. The molecule has 0 atom stereocenters. The molecule has 2 aromatic rings. The van der Waals surface area contributed by atoms with E-state index < -0.39 is 0 Å². The lowest BCUT2D eigenvalue weighted by atomic mass is 10.2. The topological polar surface area (TPSA) is 32.3 Å². The second-order valence-corrected chi connectivity index (χ2v) is 5.94. The summed E-state index contributed by atoms with van der Waals surface area (Å²) in [5.41, 5.74) is 2.26. The molecule has 0 bridgehead atoms. The van der Waals surface area contributed by atoms with Gasteiger partial charge in [-0.15, -0.1) is 11.3 Å². The lowest BCUT2D eigenvalue weighted by molar-refractivity contribution is 0.0955. The van der Waals surface area contributed by atoms with Crippen LogP contribution in [0.15, 0.2) is 36.4 Å². The average Bonchev–Trinajstić information content (AvgIpc) is 2.83. The highest BCUT2D eigenvalue weighted by Gasteiger charge is 2.07. The summed E-state index contributed by atoms with van der Waals surface area (Å²) in [4.78, 5) is 15.9. The van der Waals surface area contributed by atoms with Crippen molar-refractivity contribution in [2.75, 3.05) is 19.0 Å². The molecule has 3 nitrogen and oxygen atoms in total. The van der Waals surface area contributed by atoms with Crippen LogP contribution in [0.2, 0.25) is 0 Å². The first-order valence-electron chi connectivity index (χ1n) is 6.17. The summed E-state index contributed by atoms with van der Waals surface area (Å²) in [6.07, 6.45) is 0. The Morgan fingerprint density at radius 1 is 1.16 bits per heavy atom. The van der Waals surface area contributed by atoms with Crippen molar-refractivity contribution in [3.8, 4) is 0 Å². The number of nitrogens with one attached hydrogen (secondary N) is 1. The SMILES string of the molecule is Cc1ccc(C(=O)NCc2ccc(N(C)C)cc2)s1. The number of benzene rings is 1. The van der Waals surface area contributed by atoms with Crippen LogP contribution in [0.3, 0.4) is 0 Å². The zero-order valence-corrected chi connectivity index (χ0v) is 12.3. The highest BCUT2D eigenvalue weighted by molar-refractivity contribution is 7.13. The maximum atomic E-state index is 11.9. The van der Waals surface area contributed by atoms with Crippen molar-refractivity contribution < 1.29 is 4.79 Å². The predicted octanol–water partition coefficient (Wildman–Crippen LogP) is 3.05. The predicted molar refractivity (Wildman–Crippen MR) is 81.0 cm³/mol. The van der Waals surface area contributed by atoms with Crippen LogP contribution < -0.4 is 10.2 Å². The molecule has 19 heavy (non-hydrogen) atoms. The van der Waals surface area contributed by atoms with Gasteiger partial charge in [0.25, 0.3) is 5.91 Å². The van der Waals surface area contributed by atoms with E-state index in [2.05, 4.69) is 22.3 Å². The minimum absolute atomic E-state index is 0.00483. The maximum Gasteiger partial charge on any atom is 0.261 e. The Morgan fingerprint density at radius 3 is 2.37 bits per heavy atom. The van der Waals surface area contributed by atoms with Crippen molar-refractivity contribution in [3.05, 3.63) is 51.7 Å². The molecular formula is C15H18N2OS. The number of hydrogen-bond donors (Lipinski definition) is 1. The Bertz CT molecular complexity index is 558. The van der Waals surface area contributed by atoms with E-state index in [1.165, 1.54) is 11.3 Å². The van der Waals surface area contributed by atoms with Gasteiger partial charge in [0.05, 0.1) is 4.88 Å². The maximum absolute atomic E-state index is 11.9. The largest absolute Gasteiger partial charge is 0.378 e. The first-order valence-corrected chi connectivity index (χ1v) is 6.99. The minimum atomic E-state index is -0.00483. The molecule has 0 aliphatic heterocycles. The van der Waals surface area contributed by atoms with Crippen LogP contribution in [-0.2, 0) is 6.54 Å². The van der Waals surface area contributed by atoms with Crippen molar-refractivity contribution >= 4 is 22.9 Å². The van der Waals surface area contributed by atoms with E-state index in [0.717, 1.165) is 21.0 Å². The van der Waals surface area contributed by atoms with Gasteiger partial charge >= 0.3 is 0 Å². The van der Waals surface area contributed by atoms with Gasteiger partial charge < -0.3 is 10.2 Å². The van der Waals surface area contributed by atoms with Crippen molar-refractivity contribution in [2.45, 2.75) is 13.5 Å². The minimum Gasteiger partial charge on any atom is -0.378 e. The van der Waals surface area contributed by atoms with Gasteiger partial charge in [-0.05, 0) is 36.8 Å². The third-order valence-corrected chi connectivity index (χ3v) is 3.87. The molecular weight excluding hydrogens is 256 g/mol. The van der Waals surface area contributed by atoms with Crippen molar-refractivity contribution in [1.82, 2.24) is 5.32 Å². The summed E-state index contributed by atoms with van der Waals surface area (Å²) < 4.78 is 0. The van der Waals surface area contributed by atoms with Gasteiger partial charge in [-0.25, -0.2) is 0 Å². The quantitative estimate of drug-likeness (QED) is 0.929. The van der Waals surface area contributed by atoms with E-state index >= 15 is 0 Å². The van der Waals surface area contributed by atoms with Crippen molar-refractivity contribution in [1.29, 1.82) is 0 Å². The lowest BCUT2D eigenvalue weighted by Crippen LogP contribution is -2.21. The second kappa shape index (κ2) is 5.89. The normalized spacial score (nSPS) is 10.3. The zero-order chi connectivity index (χ0) is 13.8. The molecule has 0 saturated heterocycles. The van der Waals surface area contributed by atoms with Gasteiger partial charge in [0.2, 0.25) is 0 Å². The molecule has 0 saturated carbocycles. The Balaban J connectivity index is 1.93. The summed E-state index contributed by atoms with van der Waals surface area (Å²) in [6.45, 7) is 2.56. The average molecular weight is 274 g/mol. The monoisotopic (exact) mass is 274 g/mol. The fourth-order valence-electron chi connectivity index (χ4n) is 1.74. The molecule has 1 heterocycles. The molecule has 2 rings (SSSR count). The number of carbonyl (C=O) groups is 1. The molecule has 0 fully saturated rings. The number of rotatable bonds is 4. The van der Waals surface area contributed by atoms with Gasteiger partial charge in [-0.1, -0.05) is 12.1 Å². The number of anilines is 1. The number of thiophene rings is 1. The van der Waals surface area contributed by atoms with Crippen LogP contribution in [0.5, 0.6) is 0 Å². The van der Waals surface area contributed by atoms with E-state index in [1.54, 1.807) is 0 Å². The molecule has 1 aromatic heterocycles. The second-order valence-electron chi connectivity index (χ2n) is 4.65. The van der Waals surface area contributed by atoms with Gasteiger partial charge in [0.15, 0.2) is 0 Å². The number of carbonyl (C=O) groups excluding carboxylic acids is 1. The first-order chi connectivity index (χ1) is 9.06. The fourth-order valence-corrected chi connectivity index (χ4v) is 2.52. The standard InChI is InChI=1S/C15H18N2OS/c1-11-4-9-14(19-11)15(18)16-10-12-5-7-13(8-6-12)17(2)3/h4-9H,10H2,1-3H3,(H,16,18). The summed E-state index contributed by atoms with van der Waals surface area (Å²) in [5.74, 6) is -0.00483. The summed E-state index contributed by atoms with van der Waals surface area (Å²) in [6, 6.07) is 12.0. The molecule has 1 amide bonds. The van der Waals surface area contributed by atoms with E-state index in [9.17, 15) is 4.79 Å². The molecule has 1 N–H and O–H groups in total. The van der Waals surface area contributed by atoms with Crippen LogP contribution in [-0.4, -0.2) is 20.0 Å². The molecule has 0 aliphatic rings. The van der Waals surface area contributed by atoms with Crippen molar-refractivity contribution in [2.24, 2.45) is 0 Å². The Hall–Kier alpha value is -1.81. The third-order valence-electron chi connectivity index (χ3n) is 2.87. The molecule has 4 heteroatoms. The number of nitrogens with zero attached hydrogens (tertiary/aromatic N) is 1. The van der Waals surface area contributed by atoms with Crippen molar-refractivity contribution in [3.63, 3.8) is 0 Å². The van der Waals surface area contributed by atoms with Crippen LogP contribution in [0, 0.1) is 6.92 Å². The fraction of sp³-hybridized carbons (Fsp3) is 0.267. The van der Waals surface area contributed by atoms with Gasteiger partial charge in [-0.3, -0.25) is 4.79 Å².